The quantitative estimate of drug-likeness (QED) is 0.797. The summed E-state index contributed by atoms with van der Waals surface area (Å²) in [6.07, 6.45) is 1.36. The summed E-state index contributed by atoms with van der Waals surface area (Å²) in [4.78, 5) is 27.0. The van der Waals surface area contributed by atoms with E-state index in [-0.39, 0.29) is 17.1 Å². The molecule has 1 heterocycles. The molecule has 22 heavy (non-hydrogen) atoms. The normalized spacial score (nSPS) is 10.1. The number of carbonyl (C=O) groups is 2. The molecule has 0 aliphatic rings. The van der Waals surface area contributed by atoms with E-state index >= 15 is 0 Å². The minimum Gasteiger partial charge on any atom is -0.504 e. The molecule has 0 atom stereocenters. The number of benzene rings is 1. The first-order chi connectivity index (χ1) is 10.5. The molecule has 2 amide bonds. The van der Waals surface area contributed by atoms with Crippen LogP contribution in [0.5, 0.6) is 5.75 Å². The Labute approximate surface area is 123 Å². The van der Waals surface area contributed by atoms with Crippen LogP contribution in [0, 0.1) is 11.6 Å². The molecule has 0 fully saturated rings. The molecular weight excluding hydrogens is 296 g/mol. The monoisotopic (exact) mass is 307 g/mol. The first-order valence-electron chi connectivity index (χ1n) is 6.14. The van der Waals surface area contributed by atoms with Crippen LogP contribution >= 0.6 is 0 Å². The standard InChI is InChI=1S/C14H11F2N3O3/c15-9-4-8(5-10(16)6-9)14(22)18-7-12(21)19-13-11(20)2-1-3-17-13/h1-6,20H,7H2,(H,18,22)(H,17,19,21). The van der Waals surface area contributed by atoms with Gasteiger partial charge < -0.3 is 15.7 Å². The molecule has 0 saturated heterocycles. The number of amides is 2. The number of nitrogens with one attached hydrogen (secondary N) is 2. The number of aromatic nitrogens is 1. The third-order valence-electron chi connectivity index (χ3n) is 2.58. The summed E-state index contributed by atoms with van der Waals surface area (Å²) in [5, 5.41) is 13.9. The van der Waals surface area contributed by atoms with Gasteiger partial charge in [-0.1, -0.05) is 0 Å². The Balaban J connectivity index is 1.93. The fourth-order valence-corrected chi connectivity index (χ4v) is 1.62. The number of anilines is 1. The zero-order chi connectivity index (χ0) is 16.1. The average molecular weight is 307 g/mol. The summed E-state index contributed by atoms with van der Waals surface area (Å²) in [6, 6.07) is 5.14. The van der Waals surface area contributed by atoms with Gasteiger partial charge in [0.05, 0.1) is 6.54 Å². The van der Waals surface area contributed by atoms with Crippen LogP contribution in [0.25, 0.3) is 0 Å². The molecule has 0 aliphatic heterocycles. The molecule has 0 bridgehead atoms. The van der Waals surface area contributed by atoms with Gasteiger partial charge in [0.2, 0.25) is 5.91 Å². The molecule has 0 saturated carbocycles. The minimum absolute atomic E-state index is 0.0569. The Hall–Kier alpha value is -3.03. The van der Waals surface area contributed by atoms with Gasteiger partial charge in [-0.2, -0.15) is 0 Å². The van der Waals surface area contributed by atoms with Crippen molar-refractivity contribution in [3.8, 4) is 5.75 Å². The van der Waals surface area contributed by atoms with Crippen molar-refractivity contribution in [2.24, 2.45) is 0 Å². The smallest absolute Gasteiger partial charge is 0.251 e. The van der Waals surface area contributed by atoms with Crippen LogP contribution in [0.15, 0.2) is 36.5 Å². The summed E-state index contributed by atoms with van der Waals surface area (Å²) in [6.45, 7) is -0.451. The van der Waals surface area contributed by atoms with Gasteiger partial charge in [0.15, 0.2) is 11.6 Å². The Morgan fingerprint density at radius 1 is 1.18 bits per heavy atom. The molecule has 1 aromatic heterocycles. The summed E-state index contributed by atoms with van der Waals surface area (Å²) >= 11 is 0. The SMILES string of the molecule is O=C(CNC(=O)c1cc(F)cc(F)c1)Nc1ncccc1O. The highest BCUT2D eigenvalue weighted by atomic mass is 19.1. The topological polar surface area (TPSA) is 91.3 Å². The lowest BCUT2D eigenvalue weighted by Gasteiger charge is -2.07. The van der Waals surface area contributed by atoms with Gasteiger partial charge in [0.25, 0.3) is 5.91 Å². The van der Waals surface area contributed by atoms with Crippen molar-refractivity contribution < 1.29 is 23.5 Å². The van der Waals surface area contributed by atoms with Gasteiger partial charge >= 0.3 is 0 Å². The van der Waals surface area contributed by atoms with E-state index < -0.39 is 30.0 Å². The van der Waals surface area contributed by atoms with E-state index in [9.17, 15) is 23.5 Å². The highest BCUT2D eigenvalue weighted by molar-refractivity contribution is 5.99. The molecule has 1 aromatic carbocycles. The molecule has 8 heteroatoms. The van der Waals surface area contributed by atoms with Gasteiger partial charge in [-0.25, -0.2) is 13.8 Å². The highest BCUT2D eigenvalue weighted by Gasteiger charge is 2.12. The van der Waals surface area contributed by atoms with Crippen molar-refractivity contribution in [3.05, 3.63) is 53.7 Å². The van der Waals surface area contributed by atoms with Gasteiger partial charge in [-0.3, -0.25) is 9.59 Å². The fraction of sp³-hybridized carbons (Fsp3) is 0.0714. The van der Waals surface area contributed by atoms with E-state index in [2.05, 4.69) is 15.6 Å². The second-order valence-corrected chi connectivity index (χ2v) is 4.26. The summed E-state index contributed by atoms with van der Waals surface area (Å²) in [7, 11) is 0. The molecule has 3 N–H and O–H groups in total. The Morgan fingerprint density at radius 2 is 1.86 bits per heavy atom. The van der Waals surface area contributed by atoms with Crippen molar-refractivity contribution in [2.45, 2.75) is 0 Å². The molecule has 2 rings (SSSR count). The lowest BCUT2D eigenvalue weighted by atomic mass is 10.2. The van der Waals surface area contributed by atoms with Crippen molar-refractivity contribution in [3.63, 3.8) is 0 Å². The summed E-state index contributed by atoms with van der Waals surface area (Å²) in [5.41, 5.74) is -0.244. The van der Waals surface area contributed by atoms with Crippen LogP contribution < -0.4 is 10.6 Å². The lowest BCUT2D eigenvalue weighted by molar-refractivity contribution is -0.115. The molecule has 0 spiro atoms. The third kappa shape index (κ3) is 3.98. The molecule has 0 unspecified atom stereocenters. The third-order valence-corrected chi connectivity index (χ3v) is 2.58. The van der Waals surface area contributed by atoms with Gasteiger partial charge in [-0.05, 0) is 24.3 Å². The number of aromatic hydroxyl groups is 1. The van der Waals surface area contributed by atoms with Crippen LogP contribution in [0.1, 0.15) is 10.4 Å². The van der Waals surface area contributed by atoms with Gasteiger partial charge in [0.1, 0.15) is 11.6 Å². The molecular formula is C14H11F2N3O3. The number of pyridine rings is 1. The summed E-state index contributed by atoms with van der Waals surface area (Å²) < 4.78 is 26.0. The largest absolute Gasteiger partial charge is 0.504 e. The van der Waals surface area contributed by atoms with Crippen molar-refractivity contribution in [1.82, 2.24) is 10.3 Å². The first kappa shape index (κ1) is 15.4. The number of hydrogen-bond donors (Lipinski definition) is 3. The van der Waals surface area contributed by atoms with E-state index in [4.69, 9.17) is 0 Å². The fourth-order valence-electron chi connectivity index (χ4n) is 1.62. The Morgan fingerprint density at radius 3 is 2.50 bits per heavy atom. The predicted octanol–water partition coefficient (Wildman–Crippen LogP) is 1.43. The van der Waals surface area contributed by atoms with Crippen LogP contribution in [-0.4, -0.2) is 28.4 Å². The average Bonchev–Trinajstić information content (AvgIpc) is 2.46. The van der Waals surface area contributed by atoms with E-state index in [1.807, 2.05) is 0 Å². The maximum atomic E-state index is 13.0. The van der Waals surface area contributed by atoms with Crippen LogP contribution in [0.4, 0.5) is 14.6 Å². The van der Waals surface area contributed by atoms with Crippen LogP contribution in [-0.2, 0) is 4.79 Å². The zero-order valence-corrected chi connectivity index (χ0v) is 11.1. The number of nitrogens with zero attached hydrogens (tertiary/aromatic N) is 1. The highest BCUT2D eigenvalue weighted by Crippen LogP contribution is 2.17. The summed E-state index contributed by atoms with van der Waals surface area (Å²) in [5.74, 6) is -3.54. The van der Waals surface area contributed by atoms with E-state index in [0.29, 0.717) is 6.07 Å². The number of halogens is 2. The zero-order valence-electron chi connectivity index (χ0n) is 11.1. The van der Waals surface area contributed by atoms with Crippen LogP contribution in [0.3, 0.4) is 0 Å². The number of rotatable bonds is 4. The maximum absolute atomic E-state index is 13.0. The number of carbonyl (C=O) groups excluding carboxylic acids is 2. The molecule has 0 radical (unpaired) electrons. The molecule has 114 valence electrons. The second kappa shape index (κ2) is 6.61. The van der Waals surface area contributed by atoms with Gasteiger partial charge in [0, 0.05) is 17.8 Å². The number of hydrogen-bond acceptors (Lipinski definition) is 4. The van der Waals surface area contributed by atoms with E-state index in [1.54, 1.807) is 0 Å². The van der Waals surface area contributed by atoms with E-state index in [1.165, 1.54) is 18.3 Å². The van der Waals surface area contributed by atoms with Gasteiger partial charge in [-0.15, -0.1) is 0 Å². The first-order valence-corrected chi connectivity index (χ1v) is 6.14. The Bertz CT molecular complexity index is 702. The molecule has 2 aromatic rings. The van der Waals surface area contributed by atoms with Crippen LogP contribution in [0.2, 0.25) is 0 Å². The van der Waals surface area contributed by atoms with Crippen molar-refractivity contribution in [1.29, 1.82) is 0 Å². The Kier molecular flexibility index (Phi) is 4.62. The molecule has 6 nitrogen and oxygen atoms in total. The lowest BCUT2D eigenvalue weighted by Crippen LogP contribution is -2.33. The van der Waals surface area contributed by atoms with E-state index in [0.717, 1.165) is 12.1 Å². The second-order valence-electron chi connectivity index (χ2n) is 4.26. The minimum atomic E-state index is -0.895. The maximum Gasteiger partial charge on any atom is 0.251 e. The van der Waals surface area contributed by atoms with Crippen molar-refractivity contribution >= 4 is 17.6 Å². The predicted molar refractivity (Wildman–Crippen MR) is 73.2 cm³/mol. The van der Waals surface area contributed by atoms with Crippen molar-refractivity contribution in [2.75, 3.05) is 11.9 Å². The molecule has 0 aliphatic carbocycles.